The minimum atomic E-state index is -0.0434. The number of imidazole rings is 1. The summed E-state index contributed by atoms with van der Waals surface area (Å²) in [5.74, 6) is 0.762. The van der Waals surface area contributed by atoms with Crippen LogP contribution in [0.25, 0.3) is 22.1 Å². The van der Waals surface area contributed by atoms with Gasteiger partial charge in [0.05, 0.1) is 22.2 Å². The van der Waals surface area contributed by atoms with Gasteiger partial charge in [-0.2, -0.15) is 0 Å². The first-order valence-corrected chi connectivity index (χ1v) is 9.95. The molecule has 132 valence electrons. The summed E-state index contributed by atoms with van der Waals surface area (Å²) in [4.78, 5) is 18.4. The third kappa shape index (κ3) is 2.83. The van der Waals surface area contributed by atoms with Crippen LogP contribution in [-0.4, -0.2) is 16.0 Å². The fourth-order valence-corrected chi connectivity index (χ4v) is 4.34. The molecule has 0 unspecified atom stereocenters. The molecule has 2 aromatic heterocycles. The highest BCUT2D eigenvalue weighted by Gasteiger charge is 2.13. The van der Waals surface area contributed by atoms with Gasteiger partial charge in [-0.15, -0.1) is 0 Å². The number of aryl methyl sites for hydroxylation is 2. The molecular weight excluding hydrogens is 412 g/mol. The molecule has 4 rings (SSSR count). The maximum absolute atomic E-state index is 13.0. The van der Waals surface area contributed by atoms with E-state index in [1.807, 2.05) is 50.3 Å². The van der Waals surface area contributed by atoms with Crippen molar-refractivity contribution >= 4 is 49.3 Å². The lowest BCUT2D eigenvalue weighted by atomic mass is 10.1. The van der Waals surface area contributed by atoms with Crippen molar-refractivity contribution in [2.75, 3.05) is 6.61 Å². The van der Waals surface area contributed by atoms with Crippen LogP contribution in [0.4, 0.5) is 0 Å². The third-order valence-electron chi connectivity index (χ3n) is 4.41. The molecule has 0 aliphatic heterocycles. The molecule has 0 saturated heterocycles. The zero-order valence-electron chi connectivity index (χ0n) is 14.7. The summed E-state index contributed by atoms with van der Waals surface area (Å²) in [6, 6.07) is 9.87. The fraction of sp³-hybridized carbons (Fsp3) is 0.200. The van der Waals surface area contributed by atoms with Gasteiger partial charge in [0, 0.05) is 10.0 Å². The van der Waals surface area contributed by atoms with Crippen molar-refractivity contribution in [1.82, 2.24) is 9.38 Å². The molecule has 0 aliphatic rings. The standard InChI is InChI=1S/C20H17BrN2O2S/c1-4-25-17-6-5-14(21)9-13(17)10-18-19(24)23-16-8-12(3)11(2)7-15(16)22-20(23)26-18/h5-10H,4H2,1-3H3/b18-10-. The number of fused-ring (bicyclic) bond motifs is 3. The van der Waals surface area contributed by atoms with E-state index in [1.165, 1.54) is 16.9 Å². The van der Waals surface area contributed by atoms with Crippen LogP contribution in [0.2, 0.25) is 0 Å². The summed E-state index contributed by atoms with van der Waals surface area (Å²) in [6.07, 6.45) is 1.88. The Labute approximate surface area is 162 Å². The van der Waals surface area contributed by atoms with Crippen molar-refractivity contribution in [3.63, 3.8) is 0 Å². The average molecular weight is 429 g/mol. The van der Waals surface area contributed by atoms with Crippen molar-refractivity contribution in [3.05, 3.63) is 66.4 Å². The lowest BCUT2D eigenvalue weighted by molar-refractivity contribution is 0.339. The Bertz CT molecular complexity index is 1260. The average Bonchev–Trinajstić information content (AvgIpc) is 3.08. The predicted molar refractivity (Wildman–Crippen MR) is 110 cm³/mol. The molecule has 0 spiro atoms. The third-order valence-corrected chi connectivity index (χ3v) is 5.87. The highest BCUT2D eigenvalue weighted by atomic mass is 79.9. The summed E-state index contributed by atoms with van der Waals surface area (Å²) in [5.41, 5.74) is 4.89. The molecule has 0 N–H and O–H groups in total. The van der Waals surface area contributed by atoms with Crippen LogP contribution in [0.3, 0.4) is 0 Å². The second-order valence-corrected chi connectivity index (χ2v) is 8.11. The Hall–Kier alpha value is -2.18. The molecule has 26 heavy (non-hydrogen) atoms. The van der Waals surface area contributed by atoms with Gasteiger partial charge in [-0.1, -0.05) is 27.3 Å². The summed E-state index contributed by atoms with van der Waals surface area (Å²) in [6.45, 7) is 6.63. The van der Waals surface area contributed by atoms with Crippen LogP contribution in [-0.2, 0) is 0 Å². The molecule has 2 heterocycles. The van der Waals surface area contributed by atoms with Crippen molar-refractivity contribution in [2.45, 2.75) is 20.8 Å². The van der Waals surface area contributed by atoms with Crippen LogP contribution < -0.4 is 14.8 Å². The van der Waals surface area contributed by atoms with E-state index in [0.717, 1.165) is 32.4 Å². The minimum Gasteiger partial charge on any atom is -0.493 e. The van der Waals surface area contributed by atoms with Crippen molar-refractivity contribution in [1.29, 1.82) is 0 Å². The van der Waals surface area contributed by atoms with Crippen molar-refractivity contribution in [3.8, 4) is 5.75 Å². The molecule has 2 aromatic carbocycles. The first kappa shape index (κ1) is 17.2. The highest BCUT2D eigenvalue weighted by molar-refractivity contribution is 9.10. The summed E-state index contributed by atoms with van der Waals surface area (Å²) in [5, 5.41) is 0. The molecule has 4 nitrogen and oxygen atoms in total. The first-order valence-electron chi connectivity index (χ1n) is 8.34. The van der Waals surface area contributed by atoms with E-state index in [0.29, 0.717) is 16.1 Å². The molecule has 4 aromatic rings. The normalized spacial score (nSPS) is 12.4. The molecule has 0 atom stereocenters. The van der Waals surface area contributed by atoms with E-state index < -0.39 is 0 Å². The maximum Gasteiger partial charge on any atom is 0.274 e. The smallest absolute Gasteiger partial charge is 0.274 e. The van der Waals surface area contributed by atoms with Gasteiger partial charge in [-0.3, -0.25) is 4.79 Å². The van der Waals surface area contributed by atoms with Crippen LogP contribution in [0.5, 0.6) is 5.75 Å². The largest absolute Gasteiger partial charge is 0.493 e. The van der Waals surface area contributed by atoms with Gasteiger partial charge in [0.25, 0.3) is 5.56 Å². The van der Waals surface area contributed by atoms with Crippen molar-refractivity contribution in [2.24, 2.45) is 0 Å². The zero-order valence-corrected chi connectivity index (χ0v) is 17.1. The van der Waals surface area contributed by atoms with Gasteiger partial charge in [-0.25, -0.2) is 9.38 Å². The second-order valence-electron chi connectivity index (χ2n) is 6.19. The summed E-state index contributed by atoms with van der Waals surface area (Å²) >= 11 is 4.89. The predicted octanol–water partition coefficient (Wildman–Crippen LogP) is 4.23. The lowest BCUT2D eigenvalue weighted by Crippen LogP contribution is -2.22. The maximum atomic E-state index is 13.0. The molecule has 0 amide bonds. The fourth-order valence-electron chi connectivity index (χ4n) is 2.98. The second kappa shape index (κ2) is 6.52. The van der Waals surface area contributed by atoms with Crippen molar-refractivity contribution < 1.29 is 4.74 Å². The van der Waals surface area contributed by atoms with Crippen LogP contribution in [0, 0.1) is 13.8 Å². The zero-order chi connectivity index (χ0) is 18.4. The number of halogens is 1. The van der Waals surface area contributed by atoms with Crippen LogP contribution in [0.15, 0.2) is 39.6 Å². The molecular formula is C20H17BrN2O2S. The summed E-state index contributed by atoms with van der Waals surface area (Å²) in [7, 11) is 0. The molecule has 0 fully saturated rings. The van der Waals surface area contributed by atoms with Gasteiger partial charge in [0.1, 0.15) is 5.75 Å². The van der Waals surface area contributed by atoms with Crippen LogP contribution >= 0.6 is 27.3 Å². The van der Waals surface area contributed by atoms with E-state index in [1.54, 1.807) is 4.40 Å². The number of aromatic nitrogens is 2. The van der Waals surface area contributed by atoms with E-state index in [4.69, 9.17) is 4.74 Å². The minimum absolute atomic E-state index is 0.0434. The highest BCUT2D eigenvalue weighted by Crippen LogP contribution is 2.25. The number of ether oxygens (including phenoxy) is 1. The molecule has 0 saturated carbocycles. The Morgan fingerprint density at radius 2 is 2.00 bits per heavy atom. The lowest BCUT2D eigenvalue weighted by Gasteiger charge is -2.06. The SMILES string of the molecule is CCOc1ccc(Br)cc1/C=c1\sc2nc3cc(C)c(C)cc3n2c1=O. The Kier molecular flexibility index (Phi) is 4.32. The van der Waals surface area contributed by atoms with E-state index >= 15 is 0 Å². The quantitative estimate of drug-likeness (QED) is 0.490. The van der Waals surface area contributed by atoms with Gasteiger partial charge in [0.2, 0.25) is 0 Å². The summed E-state index contributed by atoms with van der Waals surface area (Å²) < 4.78 is 8.98. The number of thiazole rings is 1. The first-order chi connectivity index (χ1) is 12.5. The molecule has 0 bridgehead atoms. The number of hydrogen-bond donors (Lipinski definition) is 0. The Morgan fingerprint density at radius 3 is 2.77 bits per heavy atom. The van der Waals surface area contributed by atoms with Gasteiger partial charge < -0.3 is 4.74 Å². The molecule has 0 aliphatic carbocycles. The van der Waals surface area contributed by atoms with Gasteiger partial charge >= 0.3 is 0 Å². The van der Waals surface area contributed by atoms with E-state index in [9.17, 15) is 4.79 Å². The number of benzene rings is 2. The Morgan fingerprint density at radius 1 is 1.23 bits per heavy atom. The van der Waals surface area contributed by atoms with E-state index in [-0.39, 0.29) is 5.56 Å². The molecule has 6 heteroatoms. The topological polar surface area (TPSA) is 43.6 Å². The number of rotatable bonds is 3. The van der Waals surface area contributed by atoms with Gasteiger partial charge in [-0.05, 0) is 68.3 Å². The number of hydrogen-bond acceptors (Lipinski definition) is 4. The number of nitrogens with zero attached hydrogens (tertiary/aromatic N) is 2. The Balaban J connectivity index is 1.98. The molecule has 0 radical (unpaired) electrons. The van der Waals surface area contributed by atoms with E-state index in [2.05, 4.69) is 27.8 Å². The van der Waals surface area contributed by atoms with Gasteiger partial charge in [0.15, 0.2) is 4.96 Å². The monoisotopic (exact) mass is 428 g/mol. The van der Waals surface area contributed by atoms with Crippen LogP contribution in [0.1, 0.15) is 23.6 Å².